The molecular weight excluding hydrogens is 432 g/mol. The Bertz CT molecular complexity index is 1010. The highest BCUT2D eigenvalue weighted by atomic mass is 16.5. The molecule has 1 fully saturated rings. The third kappa shape index (κ3) is 6.04. The first-order valence-corrected chi connectivity index (χ1v) is 12.3. The maximum absolute atomic E-state index is 12.7. The fourth-order valence-electron chi connectivity index (χ4n) is 4.59. The van der Waals surface area contributed by atoms with Crippen LogP contribution in [-0.4, -0.2) is 64.2 Å². The van der Waals surface area contributed by atoms with Crippen LogP contribution in [0.1, 0.15) is 65.2 Å². The minimum Gasteiger partial charge on any atom is -0.449 e. The lowest BCUT2D eigenvalue weighted by molar-refractivity contribution is -0.131. The van der Waals surface area contributed by atoms with Gasteiger partial charge in [0.1, 0.15) is 18.6 Å². The Hall–Kier alpha value is -3.15. The van der Waals surface area contributed by atoms with Gasteiger partial charge >= 0.3 is 6.09 Å². The molecule has 2 aromatic heterocycles. The summed E-state index contributed by atoms with van der Waals surface area (Å²) in [6, 6.07) is 3.82. The number of fused-ring (bicyclic) bond motifs is 1. The summed E-state index contributed by atoms with van der Waals surface area (Å²) in [4.78, 5) is 37.6. The van der Waals surface area contributed by atoms with Gasteiger partial charge in [-0.3, -0.25) is 4.79 Å². The van der Waals surface area contributed by atoms with E-state index in [0.717, 1.165) is 24.6 Å². The molecule has 3 heterocycles. The van der Waals surface area contributed by atoms with Crippen LogP contribution in [-0.2, 0) is 9.53 Å². The first-order chi connectivity index (χ1) is 16.5. The van der Waals surface area contributed by atoms with Gasteiger partial charge in [-0.2, -0.15) is 5.26 Å². The first-order valence-electron chi connectivity index (χ1n) is 12.3. The summed E-state index contributed by atoms with van der Waals surface area (Å²) in [5, 5.41) is 9.64. The molecule has 0 aliphatic carbocycles. The van der Waals surface area contributed by atoms with Gasteiger partial charge in [0.2, 0.25) is 5.91 Å². The molecule has 0 unspecified atom stereocenters. The average Bonchev–Trinajstić information content (AvgIpc) is 3.28. The number of rotatable bonds is 10. The molecule has 2 aromatic rings. The second kappa shape index (κ2) is 12.4. The van der Waals surface area contributed by atoms with Crippen LogP contribution < -0.4 is 4.90 Å². The molecule has 0 bridgehead atoms. The van der Waals surface area contributed by atoms with E-state index in [1.54, 1.807) is 11.1 Å². The Kier molecular flexibility index (Phi) is 9.25. The standard InChI is InChI=1S/C25H36N6O3/c1-4-5-6-7-8-9-16-34-25(33)31-15-12-20-23(27-18-28-24(20)31)29(3)21-17-30(14-11-19(21)2)22(32)10-13-26/h12,15,18-19,21H,4-11,14,16-17H2,1-3H3/t19-,21+/m1/s1. The molecule has 1 aliphatic heterocycles. The molecular formula is C25H36N6O3. The third-order valence-electron chi connectivity index (χ3n) is 6.71. The van der Waals surface area contributed by atoms with Gasteiger partial charge in [0.05, 0.1) is 24.1 Å². The fourth-order valence-corrected chi connectivity index (χ4v) is 4.59. The van der Waals surface area contributed by atoms with Crippen LogP contribution in [0.15, 0.2) is 18.6 Å². The zero-order valence-electron chi connectivity index (χ0n) is 20.6. The number of hydrogen-bond donors (Lipinski definition) is 0. The lowest BCUT2D eigenvalue weighted by Crippen LogP contribution is -2.52. The minimum absolute atomic E-state index is 0.0394. The van der Waals surface area contributed by atoms with Gasteiger partial charge in [-0.1, -0.05) is 46.0 Å². The number of hydrogen-bond acceptors (Lipinski definition) is 7. The van der Waals surface area contributed by atoms with Crippen molar-refractivity contribution < 1.29 is 14.3 Å². The van der Waals surface area contributed by atoms with Crippen molar-refractivity contribution in [3.05, 3.63) is 18.6 Å². The van der Waals surface area contributed by atoms with Crippen LogP contribution in [0.5, 0.6) is 0 Å². The topological polar surface area (TPSA) is 104 Å². The molecule has 2 atom stereocenters. The van der Waals surface area contributed by atoms with Crippen molar-refractivity contribution in [2.45, 2.75) is 71.3 Å². The van der Waals surface area contributed by atoms with Crippen molar-refractivity contribution in [3.63, 3.8) is 0 Å². The van der Waals surface area contributed by atoms with E-state index >= 15 is 0 Å². The van der Waals surface area contributed by atoms with E-state index in [9.17, 15) is 9.59 Å². The Labute approximate surface area is 201 Å². The largest absolute Gasteiger partial charge is 0.449 e. The van der Waals surface area contributed by atoms with Crippen molar-refractivity contribution >= 4 is 28.9 Å². The van der Waals surface area contributed by atoms with Crippen LogP contribution in [0, 0.1) is 17.2 Å². The van der Waals surface area contributed by atoms with E-state index in [2.05, 4.69) is 28.7 Å². The molecule has 34 heavy (non-hydrogen) atoms. The van der Waals surface area contributed by atoms with Crippen LogP contribution in [0.25, 0.3) is 11.0 Å². The average molecular weight is 469 g/mol. The highest BCUT2D eigenvalue weighted by Crippen LogP contribution is 2.29. The van der Waals surface area contributed by atoms with Crippen molar-refractivity contribution in [1.29, 1.82) is 5.26 Å². The molecule has 0 saturated carbocycles. The van der Waals surface area contributed by atoms with Gasteiger partial charge in [0.25, 0.3) is 0 Å². The maximum Gasteiger partial charge on any atom is 0.419 e. The van der Waals surface area contributed by atoms with Crippen LogP contribution in [0.3, 0.4) is 0 Å². The number of nitrogens with zero attached hydrogens (tertiary/aromatic N) is 6. The number of carbonyl (C=O) groups excluding carboxylic acids is 2. The summed E-state index contributed by atoms with van der Waals surface area (Å²) in [6.07, 6.45) is 10.2. The van der Waals surface area contributed by atoms with E-state index < -0.39 is 6.09 Å². The molecule has 1 amide bonds. The highest BCUT2D eigenvalue weighted by Gasteiger charge is 2.32. The monoisotopic (exact) mass is 468 g/mol. The molecule has 1 aliphatic rings. The zero-order chi connectivity index (χ0) is 24.5. The van der Waals surface area contributed by atoms with Gasteiger partial charge in [0.15, 0.2) is 5.65 Å². The molecule has 0 spiro atoms. The van der Waals surface area contributed by atoms with Gasteiger partial charge in [-0.05, 0) is 24.8 Å². The zero-order valence-corrected chi connectivity index (χ0v) is 20.6. The minimum atomic E-state index is -0.435. The molecule has 9 heteroatoms. The number of aromatic nitrogens is 3. The van der Waals surface area contributed by atoms with Crippen molar-refractivity contribution in [3.8, 4) is 6.07 Å². The van der Waals surface area contributed by atoms with Crippen molar-refractivity contribution in [2.24, 2.45) is 5.92 Å². The predicted octanol–water partition coefficient (Wildman–Crippen LogP) is 4.36. The summed E-state index contributed by atoms with van der Waals surface area (Å²) in [7, 11) is 1.95. The fraction of sp³-hybridized carbons (Fsp3) is 0.640. The second-order valence-corrected chi connectivity index (χ2v) is 9.12. The quantitative estimate of drug-likeness (QED) is 0.477. The highest BCUT2D eigenvalue weighted by molar-refractivity contribution is 5.93. The molecule has 0 aromatic carbocycles. The number of likely N-dealkylation sites (N-methyl/N-ethyl adjacent to an activating group) is 1. The number of ether oxygens (including phenoxy) is 1. The van der Waals surface area contributed by atoms with Crippen LogP contribution >= 0.6 is 0 Å². The van der Waals surface area contributed by atoms with E-state index in [1.807, 2.05) is 19.2 Å². The molecule has 3 rings (SSSR count). The number of anilines is 1. The Morgan fingerprint density at radius 2 is 2.00 bits per heavy atom. The molecule has 1 saturated heterocycles. The summed E-state index contributed by atoms with van der Waals surface area (Å²) in [5.74, 6) is 0.907. The van der Waals surface area contributed by atoms with Gasteiger partial charge in [-0.15, -0.1) is 0 Å². The SMILES string of the molecule is CCCCCCCCOC(=O)n1ccc2c(N(C)[C@H]3CN(C(=O)CC#N)CC[C@H]3C)ncnc21. The van der Waals surface area contributed by atoms with Gasteiger partial charge < -0.3 is 14.5 Å². The normalized spacial score (nSPS) is 18.0. The number of nitriles is 1. The van der Waals surface area contributed by atoms with Crippen molar-refractivity contribution in [2.75, 3.05) is 31.6 Å². The molecule has 0 radical (unpaired) electrons. The van der Waals surface area contributed by atoms with E-state index in [0.29, 0.717) is 37.1 Å². The Morgan fingerprint density at radius 3 is 2.76 bits per heavy atom. The van der Waals surface area contributed by atoms with E-state index in [-0.39, 0.29) is 18.4 Å². The lowest BCUT2D eigenvalue weighted by Gasteiger charge is -2.42. The molecule has 9 nitrogen and oxygen atoms in total. The lowest BCUT2D eigenvalue weighted by atomic mass is 9.92. The maximum atomic E-state index is 12.7. The summed E-state index contributed by atoms with van der Waals surface area (Å²) in [5.41, 5.74) is 0.505. The second-order valence-electron chi connectivity index (χ2n) is 9.12. The van der Waals surface area contributed by atoms with E-state index in [1.165, 1.54) is 36.6 Å². The number of unbranched alkanes of at least 4 members (excludes halogenated alkanes) is 5. The van der Waals surface area contributed by atoms with Crippen LogP contribution in [0.4, 0.5) is 10.6 Å². The summed E-state index contributed by atoms with van der Waals surface area (Å²) < 4.78 is 6.91. The van der Waals surface area contributed by atoms with Crippen LogP contribution in [0.2, 0.25) is 0 Å². The third-order valence-corrected chi connectivity index (χ3v) is 6.71. The first kappa shape index (κ1) is 25.5. The number of carbonyl (C=O) groups is 2. The molecule has 0 N–H and O–H groups in total. The Morgan fingerprint density at radius 1 is 1.24 bits per heavy atom. The molecule has 184 valence electrons. The number of likely N-dealkylation sites (tertiary alicyclic amines) is 1. The van der Waals surface area contributed by atoms with Gasteiger partial charge in [0, 0.05) is 26.3 Å². The van der Waals surface area contributed by atoms with E-state index in [4.69, 9.17) is 10.00 Å². The smallest absolute Gasteiger partial charge is 0.419 e. The Balaban J connectivity index is 1.68. The number of amides is 1. The number of piperidine rings is 1. The summed E-state index contributed by atoms with van der Waals surface area (Å²) >= 11 is 0. The summed E-state index contributed by atoms with van der Waals surface area (Å²) in [6.45, 7) is 5.94. The predicted molar refractivity (Wildman–Crippen MR) is 130 cm³/mol. The van der Waals surface area contributed by atoms with Crippen molar-refractivity contribution in [1.82, 2.24) is 19.4 Å². The van der Waals surface area contributed by atoms with Gasteiger partial charge in [-0.25, -0.2) is 19.3 Å².